The number of benzene rings is 1. The Morgan fingerprint density at radius 3 is 2.61 bits per heavy atom. The minimum atomic E-state index is -0.213. The first-order valence-electron chi connectivity index (χ1n) is 9.10. The summed E-state index contributed by atoms with van der Waals surface area (Å²) in [5, 5.41) is 20.1. The molecule has 0 aromatic heterocycles. The maximum Gasteiger partial charge on any atom is 0.115 e. The highest BCUT2D eigenvalue weighted by atomic mass is 16.3. The molecule has 23 heavy (non-hydrogen) atoms. The molecule has 124 valence electrons. The summed E-state index contributed by atoms with van der Waals surface area (Å²) in [5.74, 6) is 0.801. The van der Waals surface area contributed by atoms with Crippen LogP contribution in [-0.4, -0.2) is 16.3 Å². The summed E-state index contributed by atoms with van der Waals surface area (Å²) in [4.78, 5) is 0. The molecule has 2 unspecified atom stereocenters. The molecule has 2 nitrogen and oxygen atoms in total. The predicted octanol–water partition coefficient (Wildman–Crippen LogP) is 4.48. The zero-order valence-corrected chi connectivity index (χ0v) is 14.5. The maximum atomic E-state index is 10.3. The maximum absolute atomic E-state index is 10.3. The average Bonchev–Trinajstić information content (AvgIpc) is 2.84. The van der Waals surface area contributed by atoms with Gasteiger partial charge in [-0.15, -0.1) is 0 Å². The third kappa shape index (κ3) is 1.97. The highest BCUT2D eigenvalue weighted by molar-refractivity contribution is 5.52. The fourth-order valence-corrected chi connectivity index (χ4v) is 6.04. The molecule has 4 atom stereocenters. The molecule has 1 aromatic carbocycles. The summed E-state index contributed by atoms with van der Waals surface area (Å²) >= 11 is 0. The van der Waals surface area contributed by atoms with Crippen LogP contribution in [0.1, 0.15) is 64.0 Å². The van der Waals surface area contributed by atoms with Gasteiger partial charge < -0.3 is 10.2 Å². The van der Waals surface area contributed by atoms with Gasteiger partial charge in [0.1, 0.15) is 5.75 Å². The summed E-state index contributed by atoms with van der Waals surface area (Å²) in [6.45, 7) is 6.77. The van der Waals surface area contributed by atoms with E-state index in [4.69, 9.17) is 0 Å². The van der Waals surface area contributed by atoms with Crippen molar-refractivity contribution >= 4 is 0 Å². The summed E-state index contributed by atoms with van der Waals surface area (Å²) in [6, 6.07) is 5.95. The molecule has 1 saturated carbocycles. The first kappa shape index (κ1) is 15.3. The van der Waals surface area contributed by atoms with Gasteiger partial charge in [0.05, 0.1) is 6.10 Å². The molecule has 0 aliphatic heterocycles. The number of aliphatic hydroxyl groups is 1. The van der Waals surface area contributed by atoms with Crippen LogP contribution in [0.5, 0.6) is 5.75 Å². The van der Waals surface area contributed by atoms with Crippen LogP contribution < -0.4 is 0 Å². The van der Waals surface area contributed by atoms with Gasteiger partial charge in [-0.3, -0.25) is 0 Å². The van der Waals surface area contributed by atoms with E-state index in [1.54, 1.807) is 11.1 Å². The summed E-state index contributed by atoms with van der Waals surface area (Å²) in [6.07, 6.45) is 6.55. The van der Waals surface area contributed by atoms with Crippen LogP contribution in [0.3, 0.4) is 0 Å². The molecule has 1 aromatic rings. The number of hydrogen-bond acceptors (Lipinski definition) is 2. The highest BCUT2D eigenvalue weighted by Crippen LogP contribution is 2.62. The SMILES string of the molecule is C[C@H](O)[C@H]1CCC2=C3CCc4cc(O)ccc4C3(C)CCC21C. The molecule has 0 heterocycles. The molecule has 1 fully saturated rings. The predicted molar refractivity (Wildman–Crippen MR) is 92.6 cm³/mol. The van der Waals surface area contributed by atoms with Crippen molar-refractivity contribution in [2.45, 2.75) is 70.8 Å². The van der Waals surface area contributed by atoms with Crippen LogP contribution in [0.2, 0.25) is 0 Å². The minimum Gasteiger partial charge on any atom is -0.508 e. The number of allylic oxidation sites excluding steroid dienone is 2. The standard InChI is InChI=1S/C21H28O2/c1-13(22)16-8-9-19-18-6-4-14-12-15(23)5-7-17(14)21(18,3)11-10-20(16,19)2/h5,7,12-13,16,22-23H,4,6,8-11H2,1-3H3/t13-,16+,20?,21?/m0/s1. The fraction of sp³-hybridized carbons (Fsp3) is 0.619. The fourth-order valence-electron chi connectivity index (χ4n) is 6.04. The molecule has 0 bridgehead atoms. The van der Waals surface area contributed by atoms with Crippen molar-refractivity contribution in [2.24, 2.45) is 11.3 Å². The van der Waals surface area contributed by atoms with Gasteiger partial charge in [0.15, 0.2) is 0 Å². The van der Waals surface area contributed by atoms with Crippen LogP contribution in [0.25, 0.3) is 0 Å². The third-order valence-corrected chi connectivity index (χ3v) is 7.30. The van der Waals surface area contributed by atoms with Gasteiger partial charge in [-0.25, -0.2) is 0 Å². The quantitative estimate of drug-likeness (QED) is 0.750. The molecule has 3 aliphatic rings. The van der Waals surface area contributed by atoms with Crippen molar-refractivity contribution in [1.82, 2.24) is 0 Å². The zero-order chi connectivity index (χ0) is 16.4. The van der Waals surface area contributed by atoms with E-state index in [1.165, 1.54) is 11.1 Å². The van der Waals surface area contributed by atoms with Gasteiger partial charge in [0.2, 0.25) is 0 Å². The van der Waals surface area contributed by atoms with Crippen LogP contribution in [0, 0.1) is 11.3 Å². The van der Waals surface area contributed by atoms with Crippen LogP contribution in [-0.2, 0) is 11.8 Å². The van der Waals surface area contributed by atoms with Crippen molar-refractivity contribution in [3.05, 3.63) is 40.5 Å². The lowest BCUT2D eigenvalue weighted by Crippen LogP contribution is -2.42. The van der Waals surface area contributed by atoms with E-state index in [2.05, 4.69) is 19.9 Å². The summed E-state index contributed by atoms with van der Waals surface area (Å²) in [5.41, 5.74) is 6.36. The highest BCUT2D eigenvalue weighted by Gasteiger charge is 2.53. The lowest BCUT2D eigenvalue weighted by molar-refractivity contribution is 0.0584. The van der Waals surface area contributed by atoms with E-state index >= 15 is 0 Å². The van der Waals surface area contributed by atoms with Crippen LogP contribution in [0.4, 0.5) is 0 Å². The van der Waals surface area contributed by atoms with Gasteiger partial charge in [-0.05, 0) is 80.0 Å². The van der Waals surface area contributed by atoms with Crippen LogP contribution >= 0.6 is 0 Å². The van der Waals surface area contributed by atoms with E-state index in [0.29, 0.717) is 11.7 Å². The molecule has 2 N–H and O–H groups in total. The summed E-state index contributed by atoms with van der Waals surface area (Å²) in [7, 11) is 0. The molecule has 3 aliphatic carbocycles. The zero-order valence-electron chi connectivity index (χ0n) is 14.5. The lowest BCUT2D eigenvalue weighted by atomic mass is 9.55. The molecule has 2 heteroatoms. The van der Waals surface area contributed by atoms with E-state index < -0.39 is 0 Å². The van der Waals surface area contributed by atoms with Gasteiger partial charge in [0, 0.05) is 5.41 Å². The smallest absolute Gasteiger partial charge is 0.115 e. The van der Waals surface area contributed by atoms with Crippen molar-refractivity contribution in [3.8, 4) is 5.75 Å². The van der Waals surface area contributed by atoms with Crippen molar-refractivity contribution in [3.63, 3.8) is 0 Å². The Balaban J connectivity index is 1.86. The van der Waals surface area contributed by atoms with E-state index in [0.717, 1.165) is 38.5 Å². The van der Waals surface area contributed by atoms with E-state index in [1.807, 2.05) is 19.1 Å². The molecule has 0 amide bonds. The van der Waals surface area contributed by atoms with Crippen molar-refractivity contribution < 1.29 is 10.2 Å². The summed E-state index contributed by atoms with van der Waals surface area (Å²) < 4.78 is 0. The average molecular weight is 312 g/mol. The molecule has 4 rings (SSSR count). The van der Waals surface area contributed by atoms with Gasteiger partial charge in [-0.1, -0.05) is 31.1 Å². The number of aliphatic hydroxyl groups excluding tert-OH is 1. The third-order valence-electron chi connectivity index (χ3n) is 7.30. The van der Waals surface area contributed by atoms with Crippen molar-refractivity contribution in [1.29, 1.82) is 0 Å². The molecule has 0 radical (unpaired) electrons. The normalized spacial score (nSPS) is 37.1. The molecular formula is C21H28O2. The number of rotatable bonds is 1. The van der Waals surface area contributed by atoms with Gasteiger partial charge in [0.25, 0.3) is 0 Å². The second kappa shape index (κ2) is 4.86. The molecular weight excluding hydrogens is 284 g/mol. The van der Waals surface area contributed by atoms with Gasteiger partial charge >= 0.3 is 0 Å². The number of aromatic hydroxyl groups is 1. The lowest BCUT2D eigenvalue weighted by Gasteiger charge is -2.50. The topological polar surface area (TPSA) is 40.5 Å². The first-order chi connectivity index (χ1) is 10.9. The Labute approximate surface area is 139 Å². The van der Waals surface area contributed by atoms with Gasteiger partial charge in [-0.2, -0.15) is 0 Å². The number of phenols is 1. The number of phenolic OH excluding ortho intramolecular Hbond substituents is 1. The Morgan fingerprint density at radius 2 is 1.87 bits per heavy atom. The monoisotopic (exact) mass is 312 g/mol. The molecule has 0 saturated heterocycles. The number of fused-ring (bicyclic) bond motifs is 4. The van der Waals surface area contributed by atoms with Crippen LogP contribution in [0.15, 0.2) is 29.3 Å². The molecule has 0 spiro atoms. The Morgan fingerprint density at radius 1 is 1.09 bits per heavy atom. The second-order valence-corrected chi connectivity index (χ2v) is 8.43. The first-order valence-corrected chi connectivity index (χ1v) is 9.10. The Kier molecular flexibility index (Phi) is 3.22. The van der Waals surface area contributed by atoms with Crippen molar-refractivity contribution in [2.75, 3.05) is 0 Å². The largest absolute Gasteiger partial charge is 0.508 e. The van der Waals surface area contributed by atoms with E-state index in [-0.39, 0.29) is 16.9 Å². The number of aryl methyl sites for hydroxylation is 1. The minimum absolute atomic E-state index is 0.129. The van der Waals surface area contributed by atoms with E-state index in [9.17, 15) is 10.2 Å². The Bertz CT molecular complexity index is 687. The second-order valence-electron chi connectivity index (χ2n) is 8.43. The Hall–Kier alpha value is -1.28. The number of hydrogen-bond donors (Lipinski definition) is 2.